The van der Waals surface area contributed by atoms with Crippen LogP contribution in [0, 0.1) is 18.8 Å². The quantitative estimate of drug-likeness (QED) is 0.409. The number of methoxy groups -OCH3 is 2. The molecule has 3 saturated heterocycles. The fourth-order valence-electron chi connectivity index (χ4n) is 6.49. The smallest absolute Gasteiger partial charge is 0.414 e. The van der Waals surface area contributed by atoms with E-state index in [0.29, 0.717) is 79.6 Å². The Morgan fingerprint density at radius 2 is 1.68 bits per heavy atom. The number of carbonyl (C=O) groups is 3. The number of benzene rings is 1. The van der Waals surface area contributed by atoms with Crippen molar-refractivity contribution in [3.63, 3.8) is 0 Å². The summed E-state index contributed by atoms with van der Waals surface area (Å²) in [4.78, 5) is 50.4. The van der Waals surface area contributed by atoms with Crippen LogP contribution in [0.2, 0.25) is 5.02 Å². The predicted molar refractivity (Wildman–Crippen MR) is 167 cm³/mol. The summed E-state index contributed by atoms with van der Waals surface area (Å²) in [5.74, 6) is 1.44. The minimum absolute atomic E-state index is 0.0471. The Bertz CT molecular complexity index is 1350. The largest absolute Gasteiger partial charge is 0.481 e. The molecule has 5 rings (SSSR count). The van der Waals surface area contributed by atoms with Crippen LogP contribution in [-0.2, 0) is 9.53 Å². The number of halogens is 1. The van der Waals surface area contributed by atoms with Gasteiger partial charge in [0.15, 0.2) is 0 Å². The van der Waals surface area contributed by atoms with Gasteiger partial charge in [0.2, 0.25) is 17.7 Å². The van der Waals surface area contributed by atoms with Gasteiger partial charge in [-0.05, 0) is 55.5 Å². The second-order valence-corrected chi connectivity index (χ2v) is 12.3. The summed E-state index contributed by atoms with van der Waals surface area (Å²) in [5, 5.41) is 0.601. The number of nitrogens with zero attached hydrogens (tertiary/aromatic N) is 5. The van der Waals surface area contributed by atoms with Crippen LogP contribution >= 0.6 is 11.6 Å². The lowest BCUT2D eigenvalue weighted by molar-refractivity contribution is -0.130. The number of rotatable bonds is 9. The van der Waals surface area contributed by atoms with E-state index in [4.69, 9.17) is 25.8 Å². The van der Waals surface area contributed by atoms with Gasteiger partial charge in [0, 0.05) is 82.4 Å². The fourth-order valence-corrected chi connectivity index (χ4v) is 6.66. The number of likely N-dealkylation sites (tertiary alicyclic amines) is 3. The summed E-state index contributed by atoms with van der Waals surface area (Å²) in [6.45, 7) is 9.20. The normalized spacial score (nSPS) is 20.4. The van der Waals surface area contributed by atoms with Crippen LogP contribution in [0.3, 0.4) is 0 Å². The van der Waals surface area contributed by atoms with Gasteiger partial charge in [-0.1, -0.05) is 17.7 Å². The average molecular weight is 628 g/mol. The Morgan fingerprint density at radius 3 is 2.30 bits per heavy atom. The summed E-state index contributed by atoms with van der Waals surface area (Å²) >= 11 is 6.43. The van der Waals surface area contributed by atoms with E-state index in [0.717, 1.165) is 31.6 Å². The maximum absolute atomic E-state index is 13.4. The van der Waals surface area contributed by atoms with Crippen molar-refractivity contribution in [1.82, 2.24) is 19.7 Å². The molecule has 0 bridgehead atoms. The van der Waals surface area contributed by atoms with Crippen molar-refractivity contribution in [3.8, 4) is 11.8 Å². The number of fused-ring (bicyclic) bond motifs is 1. The molecule has 44 heavy (non-hydrogen) atoms. The van der Waals surface area contributed by atoms with Crippen LogP contribution in [0.15, 0.2) is 30.3 Å². The topological polar surface area (TPSA) is 105 Å². The monoisotopic (exact) mass is 627 g/mol. The molecule has 0 N–H and O–H groups in total. The lowest BCUT2D eigenvalue weighted by Crippen LogP contribution is -2.43. The highest BCUT2D eigenvalue weighted by Crippen LogP contribution is 2.33. The van der Waals surface area contributed by atoms with E-state index in [-0.39, 0.29) is 29.9 Å². The first-order valence-corrected chi connectivity index (χ1v) is 15.6. The van der Waals surface area contributed by atoms with Crippen molar-refractivity contribution in [2.24, 2.45) is 11.8 Å². The summed E-state index contributed by atoms with van der Waals surface area (Å²) < 4.78 is 16.4. The van der Waals surface area contributed by atoms with E-state index in [1.165, 1.54) is 14.2 Å². The number of pyridine rings is 1. The predicted octanol–water partition coefficient (Wildman–Crippen LogP) is 4.11. The first-order valence-electron chi connectivity index (χ1n) is 15.3. The second kappa shape index (κ2) is 14.0. The molecular weight excluding hydrogens is 586 g/mol. The van der Waals surface area contributed by atoms with Gasteiger partial charge < -0.3 is 28.9 Å². The van der Waals surface area contributed by atoms with Gasteiger partial charge in [0.05, 0.1) is 14.2 Å². The molecule has 238 valence electrons. The van der Waals surface area contributed by atoms with Crippen LogP contribution < -0.4 is 14.4 Å². The van der Waals surface area contributed by atoms with E-state index >= 15 is 0 Å². The Morgan fingerprint density at radius 1 is 0.977 bits per heavy atom. The van der Waals surface area contributed by atoms with Crippen molar-refractivity contribution in [3.05, 3.63) is 46.5 Å². The Hall–Kier alpha value is -3.57. The fraction of sp³-hybridized carbons (Fsp3) is 0.562. The molecule has 2 atom stereocenters. The number of aryl methyl sites for hydroxylation is 1. The molecule has 0 aliphatic carbocycles. The molecule has 0 spiro atoms. The summed E-state index contributed by atoms with van der Waals surface area (Å²) in [6, 6.07) is 9.01. The van der Waals surface area contributed by atoms with E-state index in [1.54, 1.807) is 28.9 Å². The molecule has 12 heteroatoms. The number of piperidine rings is 1. The lowest BCUT2D eigenvalue weighted by atomic mass is 10.0. The van der Waals surface area contributed by atoms with Crippen LogP contribution in [0.1, 0.15) is 42.1 Å². The summed E-state index contributed by atoms with van der Waals surface area (Å²) in [6.07, 6.45) is 1.41. The molecule has 1 aromatic heterocycles. The number of carbonyl (C=O) groups excluding carboxylic acids is 3. The molecule has 2 unspecified atom stereocenters. The molecule has 1 aromatic carbocycles. The van der Waals surface area contributed by atoms with Gasteiger partial charge in [0.1, 0.15) is 11.7 Å². The molecule has 11 nitrogen and oxygen atoms in total. The first-order chi connectivity index (χ1) is 21.2. The number of aromatic nitrogens is 1. The Balaban J connectivity index is 1.14. The van der Waals surface area contributed by atoms with Gasteiger partial charge >= 0.3 is 6.09 Å². The van der Waals surface area contributed by atoms with Crippen molar-refractivity contribution in [2.45, 2.75) is 39.2 Å². The average Bonchev–Trinajstić information content (AvgIpc) is 3.59. The number of anilines is 1. The van der Waals surface area contributed by atoms with E-state index in [9.17, 15) is 14.4 Å². The number of hydrogen-bond donors (Lipinski definition) is 0. The van der Waals surface area contributed by atoms with E-state index in [1.807, 2.05) is 30.0 Å². The van der Waals surface area contributed by atoms with Crippen molar-refractivity contribution in [2.75, 3.05) is 71.5 Å². The highest BCUT2D eigenvalue weighted by atomic mass is 35.5. The van der Waals surface area contributed by atoms with Gasteiger partial charge in [0.25, 0.3) is 5.91 Å². The number of ether oxygens (including phenoxy) is 3. The molecule has 4 heterocycles. The first kappa shape index (κ1) is 31.8. The maximum Gasteiger partial charge on any atom is 0.414 e. The highest BCUT2D eigenvalue weighted by Gasteiger charge is 2.42. The molecule has 3 amide bonds. The standard InChI is InChI=1S/C32H42ClN5O6/c1-21-6-7-25(16-28(21)33)38(32(41)44-26-10-14-36(15-11-26)22(2)39)13-5-12-35-17-23-19-37(20-24(23)18-35)31(40)27-8-9-29(42-3)34-30(27)43-4/h6-9,16,23-24,26H,5,10-15,17-20H2,1-4H3. The SMILES string of the molecule is COc1ccc(C(=O)N2CC3CN(CCCN(C(=O)OC4CCN(C(C)=O)CC4)c4ccc(C)c(Cl)c4)CC3C2)c(OC)n1. The minimum atomic E-state index is -0.387. The van der Waals surface area contributed by atoms with Crippen LogP contribution in [0.25, 0.3) is 0 Å². The Labute approximate surface area is 264 Å². The number of amides is 3. The molecule has 2 aromatic rings. The summed E-state index contributed by atoms with van der Waals surface area (Å²) in [5.41, 5.74) is 2.10. The Kier molecular flexibility index (Phi) is 10.2. The molecular formula is C32H42ClN5O6. The third-order valence-corrected chi connectivity index (χ3v) is 9.42. The zero-order valence-corrected chi connectivity index (χ0v) is 26.7. The minimum Gasteiger partial charge on any atom is -0.481 e. The zero-order valence-electron chi connectivity index (χ0n) is 26.0. The highest BCUT2D eigenvalue weighted by molar-refractivity contribution is 6.31. The van der Waals surface area contributed by atoms with Gasteiger partial charge in [-0.25, -0.2) is 4.79 Å². The summed E-state index contributed by atoms with van der Waals surface area (Å²) in [7, 11) is 3.03. The molecule has 0 radical (unpaired) electrons. The molecule has 3 aliphatic rings. The zero-order chi connectivity index (χ0) is 31.4. The van der Waals surface area contributed by atoms with Crippen molar-refractivity contribution >= 4 is 35.2 Å². The maximum atomic E-state index is 13.4. The lowest BCUT2D eigenvalue weighted by Gasteiger charge is -2.32. The van der Waals surface area contributed by atoms with Gasteiger partial charge in [-0.2, -0.15) is 4.98 Å². The molecule has 3 aliphatic heterocycles. The van der Waals surface area contributed by atoms with Crippen LogP contribution in [-0.4, -0.2) is 110 Å². The van der Waals surface area contributed by atoms with Crippen molar-refractivity contribution < 1.29 is 28.6 Å². The second-order valence-electron chi connectivity index (χ2n) is 11.9. The van der Waals surface area contributed by atoms with Crippen molar-refractivity contribution in [1.29, 1.82) is 0 Å². The van der Waals surface area contributed by atoms with Crippen LogP contribution in [0.4, 0.5) is 10.5 Å². The number of hydrogen-bond acceptors (Lipinski definition) is 8. The van der Waals surface area contributed by atoms with E-state index in [2.05, 4.69) is 9.88 Å². The van der Waals surface area contributed by atoms with E-state index < -0.39 is 0 Å². The van der Waals surface area contributed by atoms with Gasteiger partial charge in [-0.15, -0.1) is 0 Å². The molecule has 3 fully saturated rings. The molecule has 0 saturated carbocycles. The van der Waals surface area contributed by atoms with Gasteiger partial charge in [-0.3, -0.25) is 14.5 Å². The van der Waals surface area contributed by atoms with Crippen LogP contribution in [0.5, 0.6) is 11.8 Å². The third-order valence-electron chi connectivity index (χ3n) is 9.02. The third kappa shape index (κ3) is 7.21.